The molecule has 0 aliphatic carbocycles. The number of fused-ring (bicyclic) bond motifs is 2. The molecular weight excluding hydrogens is 573 g/mol. The zero-order valence-electron chi connectivity index (χ0n) is 26.9. The van der Waals surface area contributed by atoms with Crippen LogP contribution >= 0.6 is 0 Å². The maximum absolute atomic E-state index is 13.9. The van der Waals surface area contributed by atoms with Gasteiger partial charge in [0, 0.05) is 55.5 Å². The van der Waals surface area contributed by atoms with Crippen LogP contribution < -0.4 is 20.7 Å². The number of aryl methyl sites for hydroxylation is 2. The van der Waals surface area contributed by atoms with E-state index in [9.17, 15) is 14.0 Å². The summed E-state index contributed by atoms with van der Waals surface area (Å²) in [6.07, 6.45) is 4.21. The fourth-order valence-electron chi connectivity index (χ4n) is 6.66. The third-order valence-corrected chi connectivity index (χ3v) is 9.38. The number of imidazole rings is 1. The highest BCUT2D eigenvalue weighted by Crippen LogP contribution is 2.35. The summed E-state index contributed by atoms with van der Waals surface area (Å²) in [5, 5.41) is 10.2. The Morgan fingerprint density at radius 1 is 1.11 bits per heavy atom. The molecule has 2 amide bonds. The highest BCUT2D eigenvalue weighted by molar-refractivity contribution is 6.00. The van der Waals surface area contributed by atoms with E-state index in [0.29, 0.717) is 29.9 Å². The van der Waals surface area contributed by atoms with Crippen molar-refractivity contribution >= 4 is 33.9 Å². The van der Waals surface area contributed by atoms with E-state index in [-0.39, 0.29) is 30.3 Å². The predicted octanol–water partition coefficient (Wildman–Crippen LogP) is 5.20. The number of piperidine rings is 1. The van der Waals surface area contributed by atoms with E-state index in [1.54, 1.807) is 19.2 Å². The van der Waals surface area contributed by atoms with Crippen molar-refractivity contribution in [3.63, 3.8) is 0 Å². The van der Waals surface area contributed by atoms with E-state index < -0.39 is 11.6 Å². The second-order valence-corrected chi connectivity index (χ2v) is 13.3. The third-order valence-electron chi connectivity index (χ3n) is 9.38. The molecule has 10 nitrogen and oxygen atoms in total. The predicted molar refractivity (Wildman–Crippen MR) is 173 cm³/mol. The van der Waals surface area contributed by atoms with Crippen LogP contribution in [-0.4, -0.2) is 63.3 Å². The summed E-state index contributed by atoms with van der Waals surface area (Å²) in [5.74, 6) is 1.04. The SMILES string of the molecule is COc1cc(C(=O)N[C@H]2CNC[C@H](F)C2)cc2nc(-c3cc4ccc5nc4n3CCCCCCC(C)(C)C(=O)N[C@@H]5C)n(C)c12. The molecule has 11 heteroatoms. The molecule has 1 aromatic carbocycles. The molecule has 0 spiro atoms. The topological polar surface area (TPSA) is 115 Å². The summed E-state index contributed by atoms with van der Waals surface area (Å²) in [7, 11) is 3.54. The molecule has 2 aliphatic heterocycles. The number of hydrogen-bond acceptors (Lipinski definition) is 6. The minimum Gasteiger partial charge on any atom is -0.494 e. The average Bonchev–Trinajstić information content (AvgIpc) is 3.54. The van der Waals surface area contributed by atoms with Gasteiger partial charge >= 0.3 is 0 Å². The fourth-order valence-corrected chi connectivity index (χ4v) is 6.66. The Bertz CT molecular complexity index is 1740. The highest BCUT2D eigenvalue weighted by Gasteiger charge is 2.29. The van der Waals surface area contributed by atoms with Crippen LogP contribution in [0.15, 0.2) is 30.3 Å². The van der Waals surface area contributed by atoms with Crippen molar-refractivity contribution in [2.24, 2.45) is 12.5 Å². The van der Waals surface area contributed by atoms with Crippen LogP contribution in [0.3, 0.4) is 0 Å². The molecule has 0 saturated carbocycles. The number of alkyl halides is 1. The number of methoxy groups -OCH3 is 1. The van der Waals surface area contributed by atoms with Gasteiger partial charge < -0.3 is 29.8 Å². The van der Waals surface area contributed by atoms with E-state index in [2.05, 4.69) is 32.7 Å². The molecule has 4 aromatic rings. The van der Waals surface area contributed by atoms with E-state index in [4.69, 9.17) is 14.7 Å². The molecule has 1 fully saturated rings. The summed E-state index contributed by atoms with van der Waals surface area (Å²) in [6.45, 7) is 7.64. The molecule has 3 atom stereocenters. The summed E-state index contributed by atoms with van der Waals surface area (Å²) >= 11 is 0. The first-order valence-electron chi connectivity index (χ1n) is 16.1. The number of ether oxygens (including phenoxy) is 1. The second kappa shape index (κ2) is 12.4. The van der Waals surface area contributed by atoms with Gasteiger partial charge in [0.05, 0.1) is 30.1 Å². The van der Waals surface area contributed by atoms with Crippen molar-refractivity contribution in [1.29, 1.82) is 0 Å². The molecule has 0 unspecified atom stereocenters. The van der Waals surface area contributed by atoms with Crippen molar-refractivity contribution in [3.05, 3.63) is 41.6 Å². The number of hydrogen-bond donors (Lipinski definition) is 3. The smallest absolute Gasteiger partial charge is 0.251 e. The number of benzene rings is 1. The maximum Gasteiger partial charge on any atom is 0.251 e. The first-order chi connectivity index (χ1) is 21.6. The highest BCUT2D eigenvalue weighted by atomic mass is 19.1. The minimum atomic E-state index is -0.984. The van der Waals surface area contributed by atoms with Gasteiger partial charge in [-0.1, -0.05) is 33.1 Å². The number of nitrogens with one attached hydrogen (secondary N) is 3. The molecule has 2 aliphatic rings. The van der Waals surface area contributed by atoms with Crippen molar-refractivity contribution < 1.29 is 18.7 Å². The van der Waals surface area contributed by atoms with Gasteiger partial charge in [0.25, 0.3) is 5.91 Å². The van der Waals surface area contributed by atoms with E-state index in [0.717, 1.165) is 72.4 Å². The lowest BCUT2D eigenvalue weighted by atomic mass is 9.85. The van der Waals surface area contributed by atoms with Crippen LogP contribution in [0.2, 0.25) is 0 Å². The number of aromatic nitrogens is 4. The molecular formula is C34H44FN7O3. The monoisotopic (exact) mass is 617 g/mol. The summed E-state index contributed by atoms with van der Waals surface area (Å²) in [4.78, 5) is 36.5. The van der Waals surface area contributed by atoms with E-state index in [1.165, 1.54) is 0 Å². The Balaban J connectivity index is 1.40. The van der Waals surface area contributed by atoms with Crippen molar-refractivity contribution in [2.75, 3.05) is 20.2 Å². The Labute approximate surface area is 263 Å². The Kier molecular flexibility index (Phi) is 8.56. The van der Waals surface area contributed by atoms with Gasteiger partial charge in [-0.25, -0.2) is 14.4 Å². The van der Waals surface area contributed by atoms with Gasteiger partial charge in [-0.2, -0.15) is 0 Å². The lowest BCUT2D eigenvalue weighted by Crippen LogP contribution is -2.49. The van der Waals surface area contributed by atoms with Crippen LogP contribution in [0, 0.1) is 5.41 Å². The number of rotatable bonds is 4. The van der Waals surface area contributed by atoms with Crippen LogP contribution in [0.1, 0.15) is 81.4 Å². The first kappa shape index (κ1) is 31.0. The minimum absolute atomic E-state index is 0.0498. The van der Waals surface area contributed by atoms with Crippen LogP contribution in [-0.2, 0) is 18.4 Å². The molecule has 3 aromatic heterocycles. The van der Waals surface area contributed by atoms with E-state index >= 15 is 0 Å². The number of carbonyl (C=O) groups is 2. The molecule has 2 bridgehead atoms. The molecule has 6 rings (SSSR count). The Morgan fingerprint density at radius 2 is 1.91 bits per heavy atom. The van der Waals surface area contributed by atoms with Crippen LogP contribution in [0.4, 0.5) is 4.39 Å². The van der Waals surface area contributed by atoms with Gasteiger partial charge in [-0.05, 0) is 50.1 Å². The first-order valence-corrected chi connectivity index (χ1v) is 16.1. The number of amides is 2. The molecule has 5 heterocycles. The van der Waals surface area contributed by atoms with Gasteiger partial charge in [-0.15, -0.1) is 0 Å². The maximum atomic E-state index is 13.9. The second-order valence-electron chi connectivity index (χ2n) is 13.3. The van der Waals surface area contributed by atoms with E-state index in [1.807, 2.05) is 38.5 Å². The van der Waals surface area contributed by atoms with Gasteiger partial charge in [-0.3, -0.25) is 9.59 Å². The Hall–Kier alpha value is -3.99. The third kappa shape index (κ3) is 6.14. The lowest BCUT2D eigenvalue weighted by molar-refractivity contribution is -0.130. The largest absolute Gasteiger partial charge is 0.494 e. The Morgan fingerprint density at radius 3 is 2.69 bits per heavy atom. The normalized spacial score (nSPS) is 22.7. The van der Waals surface area contributed by atoms with Crippen molar-refractivity contribution in [2.45, 2.75) is 84.1 Å². The number of halogens is 1. The standard InChI is InChI=1S/C34H44FN7O3/c1-20-25-11-10-21-15-27(42(30(21)39-25)13-9-7-6-8-12-34(2,3)33(44)37-20)31-40-26-14-22(16-28(45-5)29(26)41(31)4)32(43)38-24-17-23(35)18-36-19-24/h10-11,14-16,20,23-24,36H,6-9,12-13,17-19H2,1-5H3,(H,37,44)(H,38,43)/t20-,23-,24-/m1/s1. The van der Waals surface area contributed by atoms with Crippen molar-refractivity contribution in [3.8, 4) is 17.3 Å². The molecule has 240 valence electrons. The van der Waals surface area contributed by atoms with Gasteiger partial charge in [0.2, 0.25) is 5.91 Å². The average molecular weight is 618 g/mol. The molecule has 1 saturated heterocycles. The molecule has 0 radical (unpaired) electrons. The number of carbonyl (C=O) groups excluding carboxylic acids is 2. The number of nitrogens with zero attached hydrogens (tertiary/aromatic N) is 4. The zero-order valence-corrected chi connectivity index (χ0v) is 26.9. The fraction of sp³-hybridized carbons (Fsp3) is 0.529. The summed E-state index contributed by atoms with van der Waals surface area (Å²) in [6, 6.07) is 9.12. The van der Waals surface area contributed by atoms with Crippen LogP contribution in [0.25, 0.3) is 33.6 Å². The van der Waals surface area contributed by atoms with Gasteiger partial charge in [0.15, 0.2) is 5.82 Å². The lowest BCUT2D eigenvalue weighted by Gasteiger charge is -2.26. The van der Waals surface area contributed by atoms with Gasteiger partial charge in [0.1, 0.15) is 23.1 Å². The summed E-state index contributed by atoms with van der Waals surface area (Å²) < 4.78 is 23.9. The molecule has 3 N–H and O–H groups in total. The zero-order chi connectivity index (χ0) is 31.9. The quantitative estimate of drug-likeness (QED) is 0.290. The van der Waals surface area contributed by atoms with Crippen LogP contribution in [0.5, 0.6) is 5.75 Å². The number of pyridine rings is 1. The molecule has 45 heavy (non-hydrogen) atoms. The van der Waals surface area contributed by atoms with Crippen molar-refractivity contribution in [1.82, 2.24) is 35.1 Å². The summed E-state index contributed by atoms with van der Waals surface area (Å²) in [5.41, 5.74) is 3.98.